The van der Waals surface area contributed by atoms with Crippen molar-refractivity contribution in [3.63, 3.8) is 0 Å². The summed E-state index contributed by atoms with van der Waals surface area (Å²) < 4.78 is 5.05. The summed E-state index contributed by atoms with van der Waals surface area (Å²) in [6.45, 7) is -0.238. The minimum Gasteiger partial charge on any atom is -0.497 e. The first-order valence-electron chi connectivity index (χ1n) is 7.19. The van der Waals surface area contributed by atoms with E-state index in [1.54, 1.807) is 37.4 Å². The first-order chi connectivity index (χ1) is 12.0. The number of nitrogens with one attached hydrogen (secondary N) is 2. The molecule has 0 aliphatic rings. The van der Waals surface area contributed by atoms with E-state index in [1.165, 1.54) is 18.3 Å². The van der Waals surface area contributed by atoms with Gasteiger partial charge in [0.05, 0.1) is 30.5 Å². The summed E-state index contributed by atoms with van der Waals surface area (Å²) in [5.41, 5.74) is 3.35. The van der Waals surface area contributed by atoms with E-state index in [1.807, 2.05) is 0 Å². The molecule has 130 valence electrons. The molecule has 0 atom stereocenters. The molecular formula is C17H15Cl2N3O3. The Hall–Kier alpha value is -2.57. The standard InChI is InChI=1S/C17H15Cl2N3O3/c1-25-13-5-2-11(3-6-13)9-21-22-16(23)10-20-17(24)14-7-4-12(18)8-15(14)19/h2-9H,10H2,1H3,(H,20,24)(H,22,23)/b21-9-. The fourth-order valence-corrected chi connectivity index (χ4v) is 2.33. The zero-order valence-corrected chi connectivity index (χ0v) is 14.8. The van der Waals surface area contributed by atoms with Crippen LogP contribution in [0.4, 0.5) is 0 Å². The molecule has 0 radical (unpaired) electrons. The van der Waals surface area contributed by atoms with E-state index in [0.717, 1.165) is 11.3 Å². The van der Waals surface area contributed by atoms with Crippen LogP contribution < -0.4 is 15.5 Å². The van der Waals surface area contributed by atoms with Gasteiger partial charge in [0, 0.05) is 5.02 Å². The van der Waals surface area contributed by atoms with Crippen molar-refractivity contribution in [2.24, 2.45) is 5.10 Å². The van der Waals surface area contributed by atoms with Gasteiger partial charge >= 0.3 is 0 Å². The Kier molecular flexibility index (Phi) is 6.80. The maximum Gasteiger partial charge on any atom is 0.259 e. The van der Waals surface area contributed by atoms with Crippen LogP contribution in [0.1, 0.15) is 15.9 Å². The maximum absolute atomic E-state index is 12.0. The van der Waals surface area contributed by atoms with Crippen molar-refractivity contribution in [1.82, 2.24) is 10.7 Å². The number of hydrogen-bond acceptors (Lipinski definition) is 4. The average molecular weight is 380 g/mol. The first-order valence-corrected chi connectivity index (χ1v) is 7.94. The molecule has 2 aromatic carbocycles. The van der Waals surface area contributed by atoms with E-state index in [0.29, 0.717) is 5.02 Å². The molecule has 2 aromatic rings. The number of benzene rings is 2. The summed E-state index contributed by atoms with van der Waals surface area (Å²) in [6, 6.07) is 11.6. The lowest BCUT2D eigenvalue weighted by Crippen LogP contribution is -2.35. The number of hydrazone groups is 1. The summed E-state index contributed by atoms with van der Waals surface area (Å²) >= 11 is 11.7. The lowest BCUT2D eigenvalue weighted by atomic mass is 10.2. The highest BCUT2D eigenvalue weighted by atomic mass is 35.5. The van der Waals surface area contributed by atoms with Crippen LogP contribution in [-0.4, -0.2) is 31.7 Å². The summed E-state index contributed by atoms with van der Waals surface area (Å²) in [6.07, 6.45) is 1.48. The third-order valence-corrected chi connectivity index (χ3v) is 3.65. The van der Waals surface area contributed by atoms with Crippen LogP contribution in [0.25, 0.3) is 0 Å². The number of nitrogens with zero attached hydrogens (tertiary/aromatic N) is 1. The Balaban J connectivity index is 1.81. The second kappa shape index (κ2) is 9.05. The molecule has 0 aliphatic heterocycles. The van der Waals surface area contributed by atoms with Crippen LogP contribution in [0, 0.1) is 0 Å². The SMILES string of the molecule is COc1ccc(/C=N\NC(=O)CNC(=O)c2ccc(Cl)cc2Cl)cc1. The van der Waals surface area contributed by atoms with Gasteiger partial charge in [0.2, 0.25) is 0 Å². The van der Waals surface area contributed by atoms with E-state index >= 15 is 0 Å². The van der Waals surface area contributed by atoms with Crippen molar-refractivity contribution in [2.75, 3.05) is 13.7 Å². The lowest BCUT2D eigenvalue weighted by molar-refractivity contribution is -0.120. The van der Waals surface area contributed by atoms with Crippen LogP contribution in [0.5, 0.6) is 5.75 Å². The number of ether oxygens (including phenoxy) is 1. The second-order valence-corrected chi connectivity index (χ2v) is 5.72. The van der Waals surface area contributed by atoms with E-state index in [-0.39, 0.29) is 17.1 Å². The zero-order valence-electron chi connectivity index (χ0n) is 13.3. The molecule has 2 rings (SSSR count). The third-order valence-electron chi connectivity index (χ3n) is 3.10. The Labute approximate surface area is 154 Å². The molecule has 8 heteroatoms. The van der Waals surface area contributed by atoms with Gasteiger partial charge in [0.15, 0.2) is 0 Å². The minimum atomic E-state index is -0.476. The maximum atomic E-state index is 12.0. The zero-order chi connectivity index (χ0) is 18.2. The normalized spacial score (nSPS) is 10.5. The molecule has 25 heavy (non-hydrogen) atoms. The quantitative estimate of drug-likeness (QED) is 0.598. The van der Waals surface area contributed by atoms with E-state index in [4.69, 9.17) is 27.9 Å². The summed E-state index contributed by atoms with van der Waals surface area (Å²) in [5.74, 6) is -0.219. The van der Waals surface area contributed by atoms with Gasteiger partial charge < -0.3 is 10.1 Å². The molecule has 0 saturated carbocycles. The lowest BCUT2D eigenvalue weighted by Gasteiger charge is -2.06. The molecule has 6 nitrogen and oxygen atoms in total. The highest BCUT2D eigenvalue weighted by Crippen LogP contribution is 2.20. The number of rotatable bonds is 6. The van der Waals surface area contributed by atoms with Crippen LogP contribution in [0.15, 0.2) is 47.6 Å². The number of carbonyl (C=O) groups is 2. The van der Waals surface area contributed by atoms with Crippen LogP contribution in [0.2, 0.25) is 10.0 Å². The number of carbonyl (C=O) groups excluding carboxylic acids is 2. The highest BCUT2D eigenvalue weighted by molar-refractivity contribution is 6.36. The molecule has 2 amide bonds. The molecule has 0 saturated heterocycles. The molecule has 0 spiro atoms. The van der Waals surface area contributed by atoms with Crippen molar-refractivity contribution in [3.8, 4) is 5.75 Å². The van der Waals surface area contributed by atoms with Gasteiger partial charge in [-0.3, -0.25) is 9.59 Å². The predicted molar refractivity (Wildman–Crippen MR) is 97.5 cm³/mol. The van der Waals surface area contributed by atoms with E-state index in [9.17, 15) is 9.59 Å². The topological polar surface area (TPSA) is 79.8 Å². The van der Waals surface area contributed by atoms with E-state index in [2.05, 4.69) is 15.8 Å². The average Bonchev–Trinajstić information content (AvgIpc) is 2.60. The van der Waals surface area contributed by atoms with Crippen LogP contribution >= 0.6 is 23.2 Å². The minimum absolute atomic E-state index is 0.211. The number of methoxy groups -OCH3 is 1. The van der Waals surface area contributed by atoms with Crippen LogP contribution in [0.3, 0.4) is 0 Å². The van der Waals surface area contributed by atoms with Crippen molar-refractivity contribution in [2.45, 2.75) is 0 Å². The number of amides is 2. The van der Waals surface area contributed by atoms with Gasteiger partial charge in [0.1, 0.15) is 5.75 Å². The van der Waals surface area contributed by atoms with Gasteiger partial charge in [-0.05, 0) is 48.0 Å². The third kappa shape index (κ3) is 5.77. The van der Waals surface area contributed by atoms with Crippen molar-refractivity contribution in [1.29, 1.82) is 0 Å². The Morgan fingerprint density at radius 3 is 2.52 bits per heavy atom. The molecule has 0 bridgehead atoms. The molecule has 0 fully saturated rings. The van der Waals surface area contributed by atoms with Crippen molar-refractivity contribution < 1.29 is 14.3 Å². The molecule has 0 aliphatic carbocycles. The smallest absolute Gasteiger partial charge is 0.259 e. The molecule has 2 N–H and O–H groups in total. The van der Waals surface area contributed by atoms with Gasteiger partial charge in [-0.2, -0.15) is 5.10 Å². The number of halogens is 2. The van der Waals surface area contributed by atoms with Gasteiger partial charge in [0.25, 0.3) is 11.8 Å². The summed E-state index contributed by atoms with van der Waals surface area (Å²) in [5, 5.41) is 6.90. The van der Waals surface area contributed by atoms with Crippen LogP contribution in [-0.2, 0) is 4.79 Å². The fraction of sp³-hybridized carbons (Fsp3) is 0.118. The Morgan fingerprint density at radius 2 is 1.88 bits per heavy atom. The largest absolute Gasteiger partial charge is 0.497 e. The van der Waals surface area contributed by atoms with Gasteiger partial charge in [-0.1, -0.05) is 23.2 Å². The van der Waals surface area contributed by atoms with Gasteiger partial charge in [-0.15, -0.1) is 0 Å². The highest BCUT2D eigenvalue weighted by Gasteiger charge is 2.11. The number of hydrogen-bond donors (Lipinski definition) is 2. The second-order valence-electron chi connectivity index (χ2n) is 4.87. The Morgan fingerprint density at radius 1 is 1.16 bits per heavy atom. The molecule has 0 aromatic heterocycles. The predicted octanol–water partition coefficient (Wildman–Crippen LogP) is 2.88. The molecule has 0 heterocycles. The monoisotopic (exact) mass is 379 g/mol. The molecular weight excluding hydrogens is 365 g/mol. The Bertz CT molecular complexity index is 792. The fourth-order valence-electron chi connectivity index (χ4n) is 1.84. The van der Waals surface area contributed by atoms with Gasteiger partial charge in [-0.25, -0.2) is 5.43 Å². The van der Waals surface area contributed by atoms with E-state index < -0.39 is 11.8 Å². The molecule has 0 unspecified atom stereocenters. The summed E-state index contributed by atoms with van der Waals surface area (Å²) in [7, 11) is 1.58. The van der Waals surface area contributed by atoms with Crippen molar-refractivity contribution >= 4 is 41.2 Å². The van der Waals surface area contributed by atoms with Crippen molar-refractivity contribution in [3.05, 3.63) is 63.6 Å². The first kappa shape index (κ1) is 18.8. The summed E-state index contributed by atoms with van der Waals surface area (Å²) in [4.78, 5) is 23.7.